The molecule has 0 saturated carbocycles. The number of amides is 1. The van der Waals surface area contributed by atoms with Crippen LogP contribution in [0.3, 0.4) is 0 Å². The van der Waals surface area contributed by atoms with Crippen molar-refractivity contribution in [3.8, 4) is 0 Å². The minimum atomic E-state index is -4.38. The molecule has 1 aliphatic rings. The fourth-order valence-electron chi connectivity index (χ4n) is 7.35. The van der Waals surface area contributed by atoms with Gasteiger partial charge in [0.25, 0.3) is 10.1 Å². The van der Waals surface area contributed by atoms with Gasteiger partial charge in [0, 0.05) is 79.2 Å². The predicted molar refractivity (Wildman–Crippen MR) is 239 cm³/mol. The Balaban J connectivity index is 0.00000930. The van der Waals surface area contributed by atoms with Crippen LogP contribution in [0.2, 0.25) is 0 Å². The number of halogens is 2. The predicted octanol–water partition coefficient (Wildman–Crippen LogP) is 7.31. The molecule has 0 aliphatic carbocycles. The fourth-order valence-corrected chi connectivity index (χ4v) is 8.05. The van der Waals surface area contributed by atoms with Gasteiger partial charge in [-0.2, -0.15) is 8.42 Å². The first-order chi connectivity index (χ1) is 27.6. The molecule has 0 spiro atoms. The number of allylic oxidation sites excluding steroid dienone is 3. The van der Waals surface area contributed by atoms with Crippen LogP contribution in [0.5, 0.6) is 0 Å². The van der Waals surface area contributed by atoms with Crippen LogP contribution in [0.4, 0.5) is 11.4 Å². The van der Waals surface area contributed by atoms with Crippen LogP contribution in [-0.4, -0.2) is 77.4 Å². The molecular formula is C46H67Cl2N3O7S. The summed E-state index contributed by atoms with van der Waals surface area (Å²) in [5, 5.41) is 3.96. The Morgan fingerprint density at radius 2 is 1.63 bits per heavy atom. The quantitative estimate of drug-likeness (QED) is 0.0414. The Kier molecular flexibility index (Phi) is 20.2. The molecule has 1 aromatic heterocycles. The second kappa shape index (κ2) is 23.7. The van der Waals surface area contributed by atoms with Crippen LogP contribution in [0.15, 0.2) is 69.6 Å². The summed E-state index contributed by atoms with van der Waals surface area (Å²) in [4.78, 5) is 16.9. The molecular weight excluding hydrogens is 809 g/mol. The molecule has 3 aromatic rings. The zero-order valence-corrected chi connectivity index (χ0v) is 38.6. The number of rotatable bonds is 24. The van der Waals surface area contributed by atoms with E-state index in [1.165, 1.54) is 6.07 Å². The number of carbonyl (C=O) groups is 1. The lowest BCUT2D eigenvalue weighted by Crippen LogP contribution is -3.00. The van der Waals surface area contributed by atoms with Crippen LogP contribution in [0.25, 0.3) is 17.0 Å². The number of anilines is 2. The molecule has 2 N–H and O–H groups in total. The number of ether oxygens (including phenoxy) is 2. The van der Waals surface area contributed by atoms with Crippen LogP contribution in [0, 0.1) is 0 Å². The molecule has 0 atom stereocenters. The zero-order chi connectivity index (χ0) is 42.3. The summed E-state index contributed by atoms with van der Waals surface area (Å²) in [5.74, 6) is 1.61. The third-order valence-electron chi connectivity index (χ3n) is 10.7. The number of nitrogens with one attached hydrogen (secondary N) is 1. The number of hydrogen-bond acceptors (Lipinski definition) is 7. The molecule has 0 unspecified atom stereocenters. The van der Waals surface area contributed by atoms with Crippen molar-refractivity contribution >= 4 is 56.0 Å². The van der Waals surface area contributed by atoms with E-state index in [1.54, 1.807) is 12.1 Å². The highest BCUT2D eigenvalue weighted by Gasteiger charge is 2.40. The number of nitrogens with zero attached hydrogens (tertiary/aromatic N) is 2. The van der Waals surface area contributed by atoms with E-state index in [0.29, 0.717) is 45.2 Å². The van der Waals surface area contributed by atoms with Gasteiger partial charge in [-0.3, -0.25) is 9.35 Å². The summed E-state index contributed by atoms with van der Waals surface area (Å²) in [6.45, 7) is 20.1. The second-order valence-electron chi connectivity index (χ2n) is 16.5. The van der Waals surface area contributed by atoms with Crippen LogP contribution in [-0.2, 0) is 35.2 Å². The largest absolute Gasteiger partial charge is 1.00 e. The van der Waals surface area contributed by atoms with Crippen molar-refractivity contribution in [2.24, 2.45) is 0 Å². The molecule has 0 fully saturated rings. The van der Waals surface area contributed by atoms with Gasteiger partial charge in [-0.1, -0.05) is 45.3 Å². The molecule has 10 nitrogen and oxygen atoms in total. The van der Waals surface area contributed by atoms with E-state index in [2.05, 4.69) is 106 Å². The number of unbranched alkanes of at least 4 members (excludes halogenated alkanes) is 5. The summed E-state index contributed by atoms with van der Waals surface area (Å²) >= 11 is 5.70. The Hall–Kier alpha value is -3.19. The Morgan fingerprint density at radius 3 is 2.31 bits per heavy atom. The third-order valence-corrected chi connectivity index (χ3v) is 11.9. The maximum absolute atomic E-state index is 12.5. The van der Waals surface area contributed by atoms with Gasteiger partial charge in [-0.05, 0) is 102 Å². The summed E-state index contributed by atoms with van der Waals surface area (Å²) in [7, 11) is -4.38. The smallest absolute Gasteiger partial charge is 0.362 e. The van der Waals surface area contributed by atoms with Crippen molar-refractivity contribution in [3.05, 3.63) is 77.2 Å². The molecule has 13 heteroatoms. The topological polar surface area (TPSA) is 120 Å². The van der Waals surface area contributed by atoms with E-state index in [0.717, 1.165) is 110 Å². The van der Waals surface area contributed by atoms with Gasteiger partial charge in [0.2, 0.25) is 5.91 Å². The van der Waals surface area contributed by atoms with E-state index in [4.69, 9.17) is 25.5 Å². The summed E-state index contributed by atoms with van der Waals surface area (Å²) < 4.78 is 51.9. The van der Waals surface area contributed by atoms with Crippen molar-refractivity contribution in [2.45, 2.75) is 116 Å². The highest BCUT2D eigenvalue weighted by atomic mass is 35.5. The SMILES string of the molecule is CCN(CC)c1ccc2c(/C=C\C=C3/N(CCCCCC(=O)NCCOCCOCCCCCCCl)c4ccc(S(=O)(=O)O)cc4C3(C)C)cc(C(C)(C)C)[o+]c2c1.[Cl-]. The van der Waals surface area contributed by atoms with Crippen molar-refractivity contribution < 1.29 is 44.1 Å². The molecule has 2 heterocycles. The normalized spacial score (nSPS) is 14.6. The summed E-state index contributed by atoms with van der Waals surface area (Å²) in [5.41, 5.74) is 5.00. The van der Waals surface area contributed by atoms with Crippen molar-refractivity contribution in [1.82, 2.24) is 5.32 Å². The first-order valence-corrected chi connectivity index (χ1v) is 23.0. The van der Waals surface area contributed by atoms with Crippen LogP contribution in [0.1, 0.15) is 117 Å². The molecule has 328 valence electrons. The fraction of sp³-hybridized carbons (Fsp3) is 0.565. The number of carbonyl (C=O) groups excluding carboxylic acids is 1. The maximum Gasteiger partial charge on any atom is 0.362 e. The Morgan fingerprint density at radius 1 is 0.932 bits per heavy atom. The highest BCUT2D eigenvalue weighted by Crippen LogP contribution is 2.48. The van der Waals surface area contributed by atoms with Crippen molar-refractivity contribution in [2.75, 3.05) is 68.3 Å². The number of alkyl halides is 1. The first-order valence-electron chi connectivity index (χ1n) is 21.0. The van der Waals surface area contributed by atoms with Gasteiger partial charge in [-0.15, -0.1) is 11.6 Å². The van der Waals surface area contributed by atoms with Gasteiger partial charge in [-0.25, -0.2) is 4.42 Å². The number of fused-ring (bicyclic) bond motifs is 2. The molecule has 4 rings (SSSR count). The lowest BCUT2D eigenvalue weighted by atomic mass is 9.83. The lowest BCUT2D eigenvalue weighted by Gasteiger charge is -2.27. The molecule has 0 radical (unpaired) electrons. The monoisotopic (exact) mass is 875 g/mol. The first kappa shape index (κ1) is 50.2. The van der Waals surface area contributed by atoms with Gasteiger partial charge < -0.3 is 37.0 Å². The average Bonchev–Trinajstić information content (AvgIpc) is 3.38. The van der Waals surface area contributed by atoms with E-state index in [-0.39, 0.29) is 28.6 Å². The van der Waals surface area contributed by atoms with Crippen molar-refractivity contribution in [1.29, 1.82) is 0 Å². The van der Waals surface area contributed by atoms with Gasteiger partial charge in [0.05, 0.1) is 41.6 Å². The molecule has 59 heavy (non-hydrogen) atoms. The van der Waals surface area contributed by atoms with Gasteiger partial charge >= 0.3 is 11.3 Å². The van der Waals surface area contributed by atoms with Gasteiger partial charge in [0.1, 0.15) is 0 Å². The van der Waals surface area contributed by atoms with E-state index < -0.39 is 15.5 Å². The summed E-state index contributed by atoms with van der Waals surface area (Å²) in [6.07, 6.45) is 13.5. The molecule has 0 saturated heterocycles. The lowest BCUT2D eigenvalue weighted by molar-refractivity contribution is -0.121. The number of benzene rings is 2. The van der Waals surface area contributed by atoms with Gasteiger partial charge in [0.15, 0.2) is 0 Å². The molecule has 2 aromatic carbocycles. The zero-order valence-electron chi connectivity index (χ0n) is 36.2. The average molecular weight is 877 g/mol. The van der Waals surface area contributed by atoms with E-state index in [1.807, 2.05) is 0 Å². The van der Waals surface area contributed by atoms with Crippen LogP contribution < -0.4 is 27.5 Å². The van der Waals surface area contributed by atoms with Crippen molar-refractivity contribution in [3.63, 3.8) is 0 Å². The third kappa shape index (κ3) is 14.5. The molecule has 1 amide bonds. The standard InChI is InChI=1S/C46H66ClN3O7S.ClH/c1-8-49(9-2)36-21-23-38-35(32-43(45(3,4)5)57-41(38)33-36)18-17-19-42-46(6,7)39-34-37(58(52,53)54)22-24-40(39)50(42)27-15-12-13-20-44(51)48-26-29-56-31-30-55-28-16-11-10-14-25-47;/h17-19,21-24,32-34H,8-16,20,25-31H2,1-7H3,(H-,48,51,52,53,54);1H/b18-17-,42-19-;. The summed E-state index contributed by atoms with van der Waals surface area (Å²) in [6, 6.07) is 13.4. The molecule has 0 bridgehead atoms. The molecule has 1 aliphatic heterocycles. The van der Waals surface area contributed by atoms with Crippen LogP contribution >= 0.6 is 11.6 Å². The Bertz CT molecular complexity index is 1970. The van der Waals surface area contributed by atoms with E-state index in [9.17, 15) is 17.8 Å². The number of hydrogen-bond donors (Lipinski definition) is 2. The second-order valence-corrected chi connectivity index (χ2v) is 18.3. The minimum Gasteiger partial charge on any atom is -1.00 e. The Labute approximate surface area is 364 Å². The highest BCUT2D eigenvalue weighted by molar-refractivity contribution is 7.85. The van der Waals surface area contributed by atoms with E-state index >= 15 is 0 Å². The maximum atomic E-state index is 12.5. The minimum absolute atomic E-state index is 0.